The van der Waals surface area contributed by atoms with E-state index in [0.29, 0.717) is 5.89 Å². The Hall–Kier alpha value is -2.35. The predicted molar refractivity (Wildman–Crippen MR) is 63.8 cm³/mol. The van der Waals surface area contributed by atoms with Gasteiger partial charge < -0.3 is 9.73 Å². The number of rotatable bonds is 4. The van der Waals surface area contributed by atoms with E-state index in [1.54, 1.807) is 7.05 Å². The first-order valence-corrected chi connectivity index (χ1v) is 5.48. The summed E-state index contributed by atoms with van der Waals surface area (Å²) in [5.74, 6) is -0.471. The molecule has 19 heavy (non-hydrogen) atoms. The van der Waals surface area contributed by atoms with Crippen LogP contribution in [-0.4, -0.2) is 22.2 Å². The molecule has 0 radical (unpaired) electrons. The summed E-state index contributed by atoms with van der Waals surface area (Å²) in [7, 11) is 1.72. The summed E-state index contributed by atoms with van der Waals surface area (Å²) >= 11 is 0. The van der Waals surface area contributed by atoms with Crippen molar-refractivity contribution in [1.82, 2.24) is 15.5 Å². The maximum atomic E-state index is 13.7. The van der Waals surface area contributed by atoms with Crippen molar-refractivity contribution in [2.45, 2.75) is 13.0 Å². The second-order valence-corrected chi connectivity index (χ2v) is 3.88. The zero-order valence-corrected chi connectivity index (χ0v) is 10.3. The van der Waals surface area contributed by atoms with Gasteiger partial charge in [-0.05, 0) is 20.0 Å². The number of nitro groups is 1. The predicted octanol–water partition coefficient (Wildman–Crippen LogP) is 2.06. The molecule has 0 spiro atoms. The summed E-state index contributed by atoms with van der Waals surface area (Å²) in [6.07, 6.45) is 0. The van der Waals surface area contributed by atoms with Crippen molar-refractivity contribution in [3.8, 4) is 11.5 Å². The van der Waals surface area contributed by atoms with Gasteiger partial charge in [-0.3, -0.25) is 10.1 Å². The van der Waals surface area contributed by atoms with Crippen molar-refractivity contribution in [3.05, 3.63) is 40.0 Å². The molecule has 0 saturated heterocycles. The summed E-state index contributed by atoms with van der Waals surface area (Å²) in [4.78, 5) is 9.84. The van der Waals surface area contributed by atoms with E-state index in [1.165, 1.54) is 12.1 Å². The number of halogens is 1. The van der Waals surface area contributed by atoms with Crippen LogP contribution in [0.5, 0.6) is 0 Å². The minimum Gasteiger partial charge on any atom is -0.419 e. The average Bonchev–Trinajstić information content (AvgIpc) is 2.87. The van der Waals surface area contributed by atoms with Crippen LogP contribution in [0.1, 0.15) is 18.9 Å². The summed E-state index contributed by atoms with van der Waals surface area (Å²) in [5.41, 5.74) is -0.294. The number of nitrogens with one attached hydrogen (secondary N) is 1. The van der Waals surface area contributed by atoms with E-state index in [9.17, 15) is 14.5 Å². The lowest BCUT2D eigenvalue weighted by molar-refractivity contribution is -0.385. The van der Waals surface area contributed by atoms with Crippen LogP contribution in [0.15, 0.2) is 22.6 Å². The summed E-state index contributed by atoms with van der Waals surface area (Å²) in [6.45, 7) is 1.81. The van der Waals surface area contributed by atoms with Crippen molar-refractivity contribution in [2.75, 3.05) is 7.05 Å². The topological polar surface area (TPSA) is 94.1 Å². The van der Waals surface area contributed by atoms with Gasteiger partial charge >= 0.3 is 0 Å². The Kier molecular flexibility index (Phi) is 3.52. The molecular formula is C11H11FN4O3. The third-order valence-electron chi connectivity index (χ3n) is 2.64. The second-order valence-electron chi connectivity index (χ2n) is 3.88. The molecule has 1 heterocycles. The number of nitro benzene ring substituents is 1. The number of non-ortho nitro benzene ring substituents is 1. The third-order valence-corrected chi connectivity index (χ3v) is 2.64. The fourth-order valence-electron chi connectivity index (χ4n) is 1.43. The van der Waals surface area contributed by atoms with E-state index in [2.05, 4.69) is 15.5 Å². The molecule has 0 amide bonds. The molecule has 1 N–H and O–H groups in total. The molecule has 2 aromatic rings. The molecule has 8 heteroatoms. The zero-order valence-electron chi connectivity index (χ0n) is 10.3. The van der Waals surface area contributed by atoms with Crippen molar-refractivity contribution in [3.63, 3.8) is 0 Å². The van der Waals surface area contributed by atoms with Gasteiger partial charge in [0, 0.05) is 6.07 Å². The van der Waals surface area contributed by atoms with Gasteiger partial charge in [0.1, 0.15) is 5.82 Å². The molecule has 1 unspecified atom stereocenters. The highest BCUT2D eigenvalue weighted by atomic mass is 19.1. The Bertz CT molecular complexity index is 614. The van der Waals surface area contributed by atoms with E-state index in [4.69, 9.17) is 4.42 Å². The molecule has 0 saturated carbocycles. The fourth-order valence-corrected chi connectivity index (χ4v) is 1.43. The Labute approximate surface area is 107 Å². The number of hydrogen-bond acceptors (Lipinski definition) is 6. The van der Waals surface area contributed by atoms with E-state index in [-0.39, 0.29) is 23.2 Å². The molecule has 0 bridgehead atoms. The lowest BCUT2D eigenvalue weighted by Crippen LogP contribution is -2.12. The van der Waals surface area contributed by atoms with E-state index < -0.39 is 10.7 Å². The minimum absolute atomic E-state index is 0.00972. The first-order valence-electron chi connectivity index (χ1n) is 5.48. The number of benzene rings is 1. The molecule has 0 aliphatic carbocycles. The van der Waals surface area contributed by atoms with Gasteiger partial charge in [0.15, 0.2) is 0 Å². The first-order chi connectivity index (χ1) is 9.02. The lowest BCUT2D eigenvalue weighted by Gasteiger charge is -2.02. The van der Waals surface area contributed by atoms with Crippen LogP contribution in [0.2, 0.25) is 0 Å². The summed E-state index contributed by atoms with van der Waals surface area (Å²) in [5, 5.41) is 20.9. The van der Waals surface area contributed by atoms with Crippen LogP contribution in [0.25, 0.3) is 11.5 Å². The Morgan fingerprint density at radius 3 is 2.79 bits per heavy atom. The average molecular weight is 266 g/mol. The highest BCUT2D eigenvalue weighted by molar-refractivity contribution is 5.56. The molecule has 2 rings (SSSR count). The minimum atomic E-state index is -0.776. The highest BCUT2D eigenvalue weighted by Gasteiger charge is 2.18. The fraction of sp³-hybridized carbons (Fsp3) is 0.273. The maximum Gasteiger partial charge on any atom is 0.272 e. The monoisotopic (exact) mass is 266 g/mol. The lowest BCUT2D eigenvalue weighted by atomic mass is 10.2. The SMILES string of the molecule is CNC(C)c1nnc(-c2ccc([N+](=O)[O-])cc2F)o1. The number of aromatic nitrogens is 2. The Balaban J connectivity index is 2.37. The van der Waals surface area contributed by atoms with Gasteiger partial charge in [0.2, 0.25) is 5.89 Å². The number of nitrogens with zero attached hydrogens (tertiary/aromatic N) is 3. The molecule has 0 aliphatic heterocycles. The van der Waals surface area contributed by atoms with Crippen molar-refractivity contribution in [1.29, 1.82) is 0 Å². The molecule has 7 nitrogen and oxygen atoms in total. The molecule has 1 aromatic carbocycles. The second kappa shape index (κ2) is 5.11. The smallest absolute Gasteiger partial charge is 0.272 e. The van der Waals surface area contributed by atoms with Crippen LogP contribution < -0.4 is 5.32 Å². The van der Waals surface area contributed by atoms with Gasteiger partial charge in [-0.15, -0.1) is 10.2 Å². The van der Waals surface area contributed by atoms with E-state index >= 15 is 0 Å². The molecule has 0 aliphatic rings. The number of hydrogen-bond donors (Lipinski definition) is 1. The van der Waals surface area contributed by atoms with Gasteiger partial charge in [-0.25, -0.2) is 4.39 Å². The molecule has 1 atom stereocenters. The molecule has 0 fully saturated rings. The first kappa shape index (κ1) is 13.1. The largest absolute Gasteiger partial charge is 0.419 e. The maximum absolute atomic E-state index is 13.7. The van der Waals surface area contributed by atoms with E-state index in [0.717, 1.165) is 6.07 Å². The Morgan fingerprint density at radius 2 is 2.21 bits per heavy atom. The van der Waals surface area contributed by atoms with Gasteiger partial charge in [0.05, 0.1) is 22.6 Å². The van der Waals surface area contributed by atoms with Crippen molar-refractivity contribution < 1.29 is 13.7 Å². The normalized spacial score (nSPS) is 12.4. The van der Waals surface area contributed by atoms with Crippen LogP contribution in [-0.2, 0) is 0 Å². The Morgan fingerprint density at radius 1 is 1.47 bits per heavy atom. The van der Waals surface area contributed by atoms with E-state index in [1.807, 2.05) is 6.92 Å². The highest BCUT2D eigenvalue weighted by Crippen LogP contribution is 2.26. The summed E-state index contributed by atoms with van der Waals surface area (Å²) in [6, 6.07) is 3.08. The van der Waals surface area contributed by atoms with Gasteiger partial charge in [0.25, 0.3) is 11.6 Å². The van der Waals surface area contributed by atoms with Crippen molar-refractivity contribution in [2.24, 2.45) is 0 Å². The van der Waals surface area contributed by atoms with Gasteiger partial charge in [-0.2, -0.15) is 0 Å². The quantitative estimate of drug-likeness (QED) is 0.672. The molecule has 1 aromatic heterocycles. The van der Waals surface area contributed by atoms with Crippen LogP contribution >= 0.6 is 0 Å². The zero-order chi connectivity index (χ0) is 14.0. The van der Waals surface area contributed by atoms with Crippen molar-refractivity contribution >= 4 is 5.69 Å². The van der Waals surface area contributed by atoms with Crippen LogP contribution in [0.4, 0.5) is 10.1 Å². The van der Waals surface area contributed by atoms with Gasteiger partial charge in [-0.1, -0.05) is 0 Å². The standard InChI is InChI=1S/C11H11FN4O3/c1-6(13-2)10-14-15-11(19-10)8-4-3-7(16(17)18)5-9(8)12/h3-6,13H,1-2H3. The third kappa shape index (κ3) is 2.58. The molecule has 100 valence electrons. The summed E-state index contributed by atoms with van der Waals surface area (Å²) < 4.78 is 19.0. The van der Waals surface area contributed by atoms with Crippen LogP contribution in [0, 0.1) is 15.9 Å². The molecular weight excluding hydrogens is 255 g/mol. The van der Waals surface area contributed by atoms with Crippen LogP contribution in [0.3, 0.4) is 0 Å².